The molecule has 0 unspecified atom stereocenters. The van der Waals surface area contributed by atoms with Crippen molar-refractivity contribution in [3.05, 3.63) is 23.2 Å². The summed E-state index contributed by atoms with van der Waals surface area (Å²) in [5, 5.41) is 0.222. The number of carbonyl (C=O) groups is 1. The Bertz CT molecular complexity index is 566. The van der Waals surface area contributed by atoms with Crippen LogP contribution in [0, 0.1) is 0 Å². The minimum atomic E-state index is -3.82. The Kier molecular flexibility index (Phi) is 7.84. The second-order valence-electron chi connectivity index (χ2n) is 3.53. The van der Waals surface area contributed by atoms with E-state index in [0.29, 0.717) is 0 Å². The Morgan fingerprint density at radius 3 is 2.60 bits per heavy atom. The molecule has 20 heavy (non-hydrogen) atoms. The van der Waals surface area contributed by atoms with Gasteiger partial charge < -0.3 is 16.2 Å². The normalized spacial score (nSPS) is 10.7. The maximum absolute atomic E-state index is 12.0. The molecule has 0 fully saturated rings. The average molecular weight is 344 g/mol. The van der Waals surface area contributed by atoms with Crippen molar-refractivity contribution in [2.75, 3.05) is 19.7 Å². The first-order valence-corrected chi connectivity index (χ1v) is 7.13. The SMILES string of the molecule is Cl.NCCNS(=O)(=O)c1cc(Cl)ccc1OCC(N)=O. The molecule has 0 spiro atoms. The van der Waals surface area contributed by atoms with Crippen LogP contribution in [0.4, 0.5) is 0 Å². The minimum absolute atomic E-state index is 0. The van der Waals surface area contributed by atoms with E-state index in [1.54, 1.807) is 0 Å². The molecule has 0 aliphatic carbocycles. The number of benzene rings is 1. The zero-order valence-electron chi connectivity index (χ0n) is 10.3. The summed E-state index contributed by atoms with van der Waals surface area (Å²) in [6.45, 7) is -0.206. The Morgan fingerprint density at radius 1 is 1.40 bits per heavy atom. The van der Waals surface area contributed by atoms with Crippen molar-refractivity contribution in [2.45, 2.75) is 4.90 Å². The lowest BCUT2D eigenvalue weighted by molar-refractivity contribution is -0.120. The van der Waals surface area contributed by atoms with E-state index in [1.807, 2.05) is 0 Å². The number of hydrogen-bond donors (Lipinski definition) is 3. The molecule has 114 valence electrons. The van der Waals surface area contributed by atoms with Crippen LogP contribution in [0.3, 0.4) is 0 Å². The van der Waals surface area contributed by atoms with Crippen molar-refractivity contribution in [3.63, 3.8) is 0 Å². The first kappa shape index (κ1) is 18.9. The summed E-state index contributed by atoms with van der Waals surface area (Å²) in [6.07, 6.45) is 0. The average Bonchev–Trinajstić information content (AvgIpc) is 2.34. The van der Waals surface area contributed by atoms with Gasteiger partial charge in [-0.3, -0.25) is 4.79 Å². The fourth-order valence-corrected chi connectivity index (χ4v) is 2.68. The van der Waals surface area contributed by atoms with Gasteiger partial charge in [-0.2, -0.15) is 0 Å². The molecule has 0 bridgehead atoms. The molecule has 1 aromatic carbocycles. The number of ether oxygens (including phenoxy) is 1. The van der Waals surface area contributed by atoms with Gasteiger partial charge in [0, 0.05) is 18.1 Å². The predicted octanol–water partition coefficient (Wildman–Crippen LogP) is -0.137. The molecule has 0 aliphatic heterocycles. The van der Waals surface area contributed by atoms with Gasteiger partial charge in [0.15, 0.2) is 6.61 Å². The Labute approximate surface area is 128 Å². The third-order valence-electron chi connectivity index (χ3n) is 2.00. The number of amides is 1. The van der Waals surface area contributed by atoms with Crippen molar-refractivity contribution >= 4 is 39.9 Å². The number of primary amides is 1. The number of hydrogen-bond acceptors (Lipinski definition) is 5. The zero-order valence-corrected chi connectivity index (χ0v) is 12.7. The monoisotopic (exact) mass is 343 g/mol. The van der Waals surface area contributed by atoms with Crippen LogP contribution in [0.1, 0.15) is 0 Å². The number of nitrogens with one attached hydrogen (secondary N) is 1. The third-order valence-corrected chi connectivity index (χ3v) is 3.72. The second kappa shape index (κ2) is 8.28. The molecule has 5 N–H and O–H groups in total. The van der Waals surface area contributed by atoms with Crippen molar-refractivity contribution in [3.8, 4) is 5.75 Å². The minimum Gasteiger partial charge on any atom is -0.482 e. The van der Waals surface area contributed by atoms with Crippen molar-refractivity contribution in [2.24, 2.45) is 11.5 Å². The molecule has 1 aromatic rings. The zero-order chi connectivity index (χ0) is 14.5. The van der Waals surface area contributed by atoms with E-state index in [0.717, 1.165) is 0 Å². The van der Waals surface area contributed by atoms with E-state index in [4.69, 9.17) is 27.8 Å². The van der Waals surface area contributed by atoms with E-state index in [1.165, 1.54) is 18.2 Å². The Hall–Kier alpha value is -1.06. The fraction of sp³-hybridized carbons (Fsp3) is 0.300. The Morgan fingerprint density at radius 2 is 2.05 bits per heavy atom. The van der Waals surface area contributed by atoms with Crippen LogP contribution >= 0.6 is 24.0 Å². The van der Waals surface area contributed by atoms with E-state index >= 15 is 0 Å². The van der Waals surface area contributed by atoms with Crippen molar-refractivity contribution in [1.82, 2.24) is 4.72 Å². The van der Waals surface area contributed by atoms with Gasteiger partial charge in [0.2, 0.25) is 10.0 Å². The molecule has 0 saturated carbocycles. The van der Waals surface area contributed by atoms with Crippen LogP contribution in [0.15, 0.2) is 23.1 Å². The number of nitrogens with two attached hydrogens (primary N) is 2. The van der Waals surface area contributed by atoms with Crippen LogP contribution in [-0.4, -0.2) is 34.0 Å². The lowest BCUT2D eigenvalue weighted by Crippen LogP contribution is -2.30. The summed E-state index contributed by atoms with van der Waals surface area (Å²) in [5.74, 6) is -0.721. The molecule has 0 heterocycles. The summed E-state index contributed by atoms with van der Waals surface area (Å²) in [4.78, 5) is 10.5. The topological polar surface area (TPSA) is 125 Å². The first-order valence-electron chi connectivity index (χ1n) is 5.27. The van der Waals surface area contributed by atoms with Gasteiger partial charge in [0.05, 0.1) is 0 Å². The van der Waals surface area contributed by atoms with Crippen molar-refractivity contribution in [1.29, 1.82) is 0 Å². The van der Waals surface area contributed by atoms with Gasteiger partial charge in [-0.05, 0) is 18.2 Å². The van der Waals surface area contributed by atoms with Crippen LogP contribution < -0.4 is 20.9 Å². The number of halogens is 2. The van der Waals surface area contributed by atoms with Crippen LogP contribution in [-0.2, 0) is 14.8 Å². The fourth-order valence-electron chi connectivity index (χ4n) is 1.23. The second-order valence-corrected chi connectivity index (χ2v) is 5.70. The lowest BCUT2D eigenvalue weighted by Gasteiger charge is -2.12. The van der Waals surface area contributed by atoms with Crippen LogP contribution in [0.25, 0.3) is 0 Å². The molecular weight excluding hydrogens is 329 g/mol. The molecule has 0 radical (unpaired) electrons. The summed E-state index contributed by atoms with van der Waals surface area (Å²) < 4.78 is 31.3. The molecule has 0 atom stereocenters. The third kappa shape index (κ3) is 5.51. The smallest absolute Gasteiger partial charge is 0.255 e. The van der Waals surface area contributed by atoms with Crippen LogP contribution in [0.2, 0.25) is 5.02 Å². The number of sulfonamides is 1. The standard InChI is InChI=1S/C10H14ClN3O4S.ClH/c11-7-1-2-8(18-6-10(13)15)9(5-7)19(16,17)14-4-3-12;/h1-2,5,14H,3-4,6,12H2,(H2,13,15);1H. The van der Waals surface area contributed by atoms with Gasteiger partial charge in [-0.15, -0.1) is 12.4 Å². The molecule has 1 amide bonds. The molecule has 0 aromatic heterocycles. The van der Waals surface area contributed by atoms with Crippen molar-refractivity contribution < 1.29 is 17.9 Å². The largest absolute Gasteiger partial charge is 0.482 e. The highest BCUT2D eigenvalue weighted by molar-refractivity contribution is 7.89. The number of carbonyl (C=O) groups excluding carboxylic acids is 1. The quantitative estimate of drug-likeness (QED) is 0.635. The highest BCUT2D eigenvalue weighted by Crippen LogP contribution is 2.27. The summed E-state index contributed by atoms with van der Waals surface area (Å²) in [6, 6.07) is 4.01. The van der Waals surface area contributed by atoms with Gasteiger partial charge in [0.1, 0.15) is 10.6 Å². The van der Waals surface area contributed by atoms with E-state index in [-0.39, 0.29) is 41.2 Å². The van der Waals surface area contributed by atoms with Gasteiger partial charge in [-0.25, -0.2) is 13.1 Å². The summed E-state index contributed by atoms with van der Waals surface area (Å²) in [5.41, 5.74) is 10.2. The highest BCUT2D eigenvalue weighted by atomic mass is 35.5. The first-order chi connectivity index (χ1) is 8.86. The molecule has 0 aliphatic rings. The van der Waals surface area contributed by atoms with Gasteiger partial charge in [0.25, 0.3) is 5.91 Å². The summed E-state index contributed by atoms with van der Waals surface area (Å²) >= 11 is 5.76. The van der Waals surface area contributed by atoms with E-state index < -0.39 is 22.5 Å². The molecule has 1 rings (SSSR count). The molecule has 7 nitrogen and oxygen atoms in total. The molecule has 10 heteroatoms. The number of rotatable bonds is 7. The van der Waals surface area contributed by atoms with Gasteiger partial charge >= 0.3 is 0 Å². The highest BCUT2D eigenvalue weighted by Gasteiger charge is 2.20. The van der Waals surface area contributed by atoms with E-state index in [9.17, 15) is 13.2 Å². The maximum Gasteiger partial charge on any atom is 0.255 e. The Balaban J connectivity index is 0.00000361. The molecule has 0 saturated heterocycles. The van der Waals surface area contributed by atoms with Gasteiger partial charge in [-0.1, -0.05) is 11.6 Å². The predicted molar refractivity (Wildman–Crippen MR) is 77.6 cm³/mol. The van der Waals surface area contributed by atoms with E-state index in [2.05, 4.69) is 4.72 Å². The van der Waals surface area contributed by atoms with Crippen LogP contribution in [0.5, 0.6) is 5.75 Å². The molecular formula is C10H15Cl2N3O4S. The summed E-state index contributed by atoms with van der Waals surface area (Å²) in [7, 11) is -3.82. The maximum atomic E-state index is 12.0. The lowest BCUT2D eigenvalue weighted by atomic mass is 10.3.